The summed E-state index contributed by atoms with van der Waals surface area (Å²) in [6.45, 7) is 0.149. The second kappa shape index (κ2) is 5.70. The summed E-state index contributed by atoms with van der Waals surface area (Å²) in [6.07, 6.45) is -3.36. The van der Waals surface area contributed by atoms with E-state index >= 15 is 0 Å². The number of halogens is 3. The molecule has 0 unspecified atom stereocenters. The molecule has 0 bridgehead atoms. The first-order valence-corrected chi connectivity index (χ1v) is 6.33. The Morgan fingerprint density at radius 1 is 1.43 bits per heavy atom. The monoisotopic (exact) mass is 305 g/mol. The molecule has 116 valence electrons. The third-order valence-corrected chi connectivity index (χ3v) is 3.43. The van der Waals surface area contributed by atoms with E-state index in [9.17, 15) is 23.3 Å². The number of nitrogens with one attached hydrogen (secondary N) is 1. The predicted octanol–water partition coefficient (Wildman–Crippen LogP) is 2.21. The van der Waals surface area contributed by atoms with Crippen LogP contribution in [0.5, 0.6) is 0 Å². The fourth-order valence-electron chi connectivity index (χ4n) is 2.27. The van der Waals surface area contributed by atoms with Gasteiger partial charge in [0.1, 0.15) is 6.20 Å². The van der Waals surface area contributed by atoms with E-state index in [-0.39, 0.29) is 43.4 Å². The number of hydrogen-bond donors (Lipinski definition) is 1. The highest BCUT2D eigenvalue weighted by atomic mass is 19.4. The highest BCUT2D eigenvalue weighted by Gasteiger charge is 2.42. The molecule has 0 radical (unpaired) electrons. The minimum absolute atomic E-state index is 0.0555. The van der Waals surface area contributed by atoms with Gasteiger partial charge in [-0.1, -0.05) is 0 Å². The maximum atomic E-state index is 12.6. The largest absolute Gasteiger partial charge is 0.391 e. The standard InChI is InChI=1S/C11H14F3N5O2/c1-15-10-16-6-8(19(20)21)9(17-10)18-4-2-7(3-5-18)11(12,13)14/h6-7H,2-5H2,1H3,(H,15,16,17). The Labute approximate surface area is 118 Å². The van der Waals surface area contributed by atoms with E-state index in [1.165, 1.54) is 4.90 Å². The number of hydrogen-bond acceptors (Lipinski definition) is 6. The zero-order valence-corrected chi connectivity index (χ0v) is 11.2. The zero-order valence-electron chi connectivity index (χ0n) is 11.2. The van der Waals surface area contributed by atoms with Crippen LogP contribution >= 0.6 is 0 Å². The Balaban J connectivity index is 2.21. The predicted molar refractivity (Wildman–Crippen MR) is 69.2 cm³/mol. The molecule has 0 amide bonds. The number of alkyl halides is 3. The van der Waals surface area contributed by atoms with E-state index in [0.29, 0.717) is 0 Å². The summed E-state index contributed by atoms with van der Waals surface area (Å²) in [5.41, 5.74) is -0.306. The van der Waals surface area contributed by atoms with Crippen molar-refractivity contribution in [1.82, 2.24) is 9.97 Å². The molecule has 0 spiro atoms. The lowest BCUT2D eigenvalue weighted by Gasteiger charge is -2.33. The van der Waals surface area contributed by atoms with Crippen molar-refractivity contribution in [3.63, 3.8) is 0 Å². The molecule has 0 atom stereocenters. The Kier molecular flexibility index (Phi) is 4.14. The number of rotatable bonds is 3. The first-order valence-electron chi connectivity index (χ1n) is 6.33. The molecule has 21 heavy (non-hydrogen) atoms. The lowest BCUT2D eigenvalue weighted by atomic mass is 9.96. The maximum absolute atomic E-state index is 12.6. The molecule has 0 aliphatic carbocycles. The normalized spacial score (nSPS) is 16.9. The summed E-state index contributed by atoms with van der Waals surface area (Å²) in [5, 5.41) is 13.6. The number of piperidine rings is 1. The summed E-state index contributed by atoms with van der Waals surface area (Å²) in [5.74, 6) is -1.12. The highest BCUT2D eigenvalue weighted by Crippen LogP contribution is 2.36. The van der Waals surface area contributed by atoms with Gasteiger partial charge >= 0.3 is 11.9 Å². The van der Waals surface area contributed by atoms with Crippen molar-refractivity contribution < 1.29 is 18.1 Å². The van der Waals surface area contributed by atoms with E-state index in [1.807, 2.05) is 0 Å². The van der Waals surface area contributed by atoms with Crippen LogP contribution in [0.4, 0.5) is 30.6 Å². The third-order valence-electron chi connectivity index (χ3n) is 3.43. The fraction of sp³-hybridized carbons (Fsp3) is 0.636. The van der Waals surface area contributed by atoms with Gasteiger partial charge in [-0.05, 0) is 12.8 Å². The second-order valence-electron chi connectivity index (χ2n) is 4.71. The van der Waals surface area contributed by atoms with Crippen LogP contribution in [0.2, 0.25) is 0 Å². The molecular formula is C11H14F3N5O2. The quantitative estimate of drug-likeness (QED) is 0.681. The van der Waals surface area contributed by atoms with Gasteiger partial charge < -0.3 is 10.2 Å². The Morgan fingerprint density at radius 2 is 2.05 bits per heavy atom. The van der Waals surface area contributed by atoms with E-state index in [1.54, 1.807) is 7.05 Å². The summed E-state index contributed by atoms with van der Waals surface area (Å²) in [6, 6.07) is 0. The van der Waals surface area contributed by atoms with Gasteiger partial charge in [0.25, 0.3) is 0 Å². The molecular weight excluding hydrogens is 291 g/mol. The molecule has 0 saturated carbocycles. The lowest BCUT2D eigenvalue weighted by molar-refractivity contribution is -0.384. The molecule has 2 rings (SSSR count). The van der Waals surface area contributed by atoms with Crippen LogP contribution in [-0.2, 0) is 0 Å². The summed E-state index contributed by atoms with van der Waals surface area (Å²) in [7, 11) is 1.56. The van der Waals surface area contributed by atoms with Crippen molar-refractivity contribution >= 4 is 17.5 Å². The third kappa shape index (κ3) is 3.31. The fourth-order valence-corrected chi connectivity index (χ4v) is 2.27. The van der Waals surface area contributed by atoms with Gasteiger partial charge in [0, 0.05) is 20.1 Å². The van der Waals surface area contributed by atoms with Crippen LogP contribution < -0.4 is 10.2 Å². The Hall–Kier alpha value is -2.13. The highest BCUT2D eigenvalue weighted by molar-refractivity contribution is 5.59. The van der Waals surface area contributed by atoms with Crippen LogP contribution in [0.15, 0.2) is 6.20 Å². The van der Waals surface area contributed by atoms with Gasteiger partial charge in [0.2, 0.25) is 11.8 Å². The van der Waals surface area contributed by atoms with E-state index in [0.717, 1.165) is 6.20 Å². The molecule has 1 aromatic heterocycles. The van der Waals surface area contributed by atoms with Crippen LogP contribution in [0, 0.1) is 16.0 Å². The first-order chi connectivity index (χ1) is 9.82. The van der Waals surface area contributed by atoms with Crippen molar-refractivity contribution in [3.8, 4) is 0 Å². The molecule has 2 heterocycles. The van der Waals surface area contributed by atoms with E-state index in [4.69, 9.17) is 0 Å². The number of anilines is 2. The number of nitro groups is 1. The van der Waals surface area contributed by atoms with Gasteiger partial charge in [-0.2, -0.15) is 18.2 Å². The SMILES string of the molecule is CNc1ncc([N+](=O)[O-])c(N2CCC(C(F)(F)F)CC2)n1. The minimum Gasteiger partial charge on any atom is -0.357 e. The van der Waals surface area contributed by atoms with Gasteiger partial charge in [-0.15, -0.1) is 0 Å². The Bertz CT molecular complexity index is 529. The molecule has 7 nitrogen and oxygen atoms in total. The average Bonchev–Trinajstić information content (AvgIpc) is 2.45. The van der Waals surface area contributed by atoms with Crippen LogP contribution in [0.3, 0.4) is 0 Å². The van der Waals surface area contributed by atoms with Gasteiger partial charge in [0.05, 0.1) is 10.8 Å². The molecule has 1 aromatic rings. The second-order valence-corrected chi connectivity index (χ2v) is 4.71. The van der Waals surface area contributed by atoms with Gasteiger partial charge in [-0.3, -0.25) is 10.1 Å². The van der Waals surface area contributed by atoms with Crippen molar-refractivity contribution in [2.45, 2.75) is 19.0 Å². The molecule has 10 heteroatoms. The summed E-state index contributed by atoms with van der Waals surface area (Å²) < 4.78 is 37.9. The summed E-state index contributed by atoms with van der Waals surface area (Å²) >= 11 is 0. The van der Waals surface area contributed by atoms with Crippen LogP contribution in [0.1, 0.15) is 12.8 Å². The molecule has 0 aromatic carbocycles. The molecule has 1 aliphatic heterocycles. The van der Waals surface area contributed by atoms with E-state index in [2.05, 4.69) is 15.3 Å². The number of aromatic nitrogens is 2. The van der Waals surface area contributed by atoms with Crippen molar-refractivity contribution in [2.75, 3.05) is 30.4 Å². The van der Waals surface area contributed by atoms with Gasteiger partial charge in [-0.25, -0.2) is 4.98 Å². The summed E-state index contributed by atoms with van der Waals surface area (Å²) in [4.78, 5) is 19.6. The first kappa shape index (κ1) is 15.3. The molecule has 1 fully saturated rings. The van der Waals surface area contributed by atoms with Crippen LogP contribution in [-0.4, -0.2) is 41.2 Å². The van der Waals surface area contributed by atoms with Crippen molar-refractivity contribution in [1.29, 1.82) is 0 Å². The molecule has 1 saturated heterocycles. The average molecular weight is 305 g/mol. The molecule has 1 N–H and O–H groups in total. The van der Waals surface area contributed by atoms with Crippen molar-refractivity contribution in [2.24, 2.45) is 5.92 Å². The maximum Gasteiger partial charge on any atom is 0.391 e. The Morgan fingerprint density at radius 3 is 2.52 bits per heavy atom. The van der Waals surface area contributed by atoms with Crippen LogP contribution in [0.25, 0.3) is 0 Å². The minimum atomic E-state index is -4.22. The van der Waals surface area contributed by atoms with Gasteiger partial charge in [0.15, 0.2) is 0 Å². The topological polar surface area (TPSA) is 84.2 Å². The number of nitrogens with zero attached hydrogens (tertiary/aromatic N) is 4. The molecule has 1 aliphatic rings. The van der Waals surface area contributed by atoms with E-state index < -0.39 is 17.0 Å². The zero-order chi connectivity index (χ0) is 15.6. The lowest BCUT2D eigenvalue weighted by Crippen LogP contribution is -2.39. The van der Waals surface area contributed by atoms with Crippen molar-refractivity contribution in [3.05, 3.63) is 16.3 Å². The smallest absolute Gasteiger partial charge is 0.357 e.